The number of carbonyl (C=O) groups excluding carboxylic acids is 1. The molecule has 0 saturated carbocycles. The minimum atomic E-state index is -0.533. The predicted octanol–water partition coefficient (Wildman–Crippen LogP) is 5.52. The number of amides is 1. The Morgan fingerprint density at radius 2 is 1.85 bits per heavy atom. The number of aromatic nitrogens is 4. The molecule has 0 unspecified atom stereocenters. The molecule has 0 saturated heterocycles. The molecule has 10 heteroatoms. The summed E-state index contributed by atoms with van der Waals surface area (Å²) in [5, 5.41) is 17.9. The predicted molar refractivity (Wildman–Crippen MR) is 129 cm³/mol. The molecule has 0 fully saturated rings. The molecule has 0 spiro atoms. The maximum Gasteiger partial charge on any atom is 0.407 e. The van der Waals surface area contributed by atoms with Crippen LogP contribution in [0.15, 0.2) is 54.9 Å². The first-order valence-corrected chi connectivity index (χ1v) is 10.7. The van der Waals surface area contributed by atoms with Crippen molar-refractivity contribution < 1.29 is 9.53 Å². The van der Waals surface area contributed by atoms with Crippen molar-refractivity contribution in [3.8, 4) is 0 Å². The lowest BCUT2D eigenvalue weighted by Crippen LogP contribution is -2.32. The monoisotopic (exact) mass is 465 g/mol. The number of fused-ring (bicyclic) bond motifs is 1. The number of benzene rings is 2. The van der Waals surface area contributed by atoms with Crippen LogP contribution in [0.5, 0.6) is 0 Å². The summed E-state index contributed by atoms with van der Waals surface area (Å²) in [5.74, 6) is 1.24. The van der Waals surface area contributed by atoms with Crippen LogP contribution >= 0.6 is 11.6 Å². The number of ether oxygens (including phenoxy) is 1. The van der Waals surface area contributed by atoms with Crippen molar-refractivity contribution in [2.24, 2.45) is 0 Å². The van der Waals surface area contributed by atoms with Crippen molar-refractivity contribution >= 4 is 51.7 Å². The molecule has 0 radical (unpaired) electrons. The van der Waals surface area contributed by atoms with Gasteiger partial charge in [-0.25, -0.2) is 14.8 Å². The number of nitrogens with one attached hydrogen (secondary N) is 4. The van der Waals surface area contributed by atoms with E-state index in [-0.39, 0.29) is 0 Å². The number of carbonyl (C=O) groups is 1. The Bertz CT molecular complexity index is 1270. The molecule has 9 nitrogen and oxygen atoms in total. The summed E-state index contributed by atoms with van der Waals surface area (Å²) in [6, 6.07) is 15.0. The highest BCUT2D eigenvalue weighted by atomic mass is 35.5. The van der Waals surface area contributed by atoms with Gasteiger partial charge >= 0.3 is 6.09 Å². The minimum Gasteiger partial charge on any atom is -0.444 e. The number of nitrogens with zero attached hydrogens (tertiary/aromatic N) is 3. The van der Waals surface area contributed by atoms with Gasteiger partial charge < -0.3 is 20.7 Å². The molecule has 0 aliphatic rings. The lowest BCUT2D eigenvalue weighted by molar-refractivity contribution is 0.0523. The lowest BCUT2D eigenvalue weighted by Gasteiger charge is -2.19. The van der Waals surface area contributed by atoms with Crippen LogP contribution in [0.25, 0.3) is 11.0 Å². The van der Waals surface area contributed by atoms with Gasteiger partial charge in [0.2, 0.25) is 0 Å². The van der Waals surface area contributed by atoms with Gasteiger partial charge in [0.15, 0.2) is 5.65 Å². The fourth-order valence-corrected chi connectivity index (χ4v) is 3.27. The first-order chi connectivity index (χ1) is 15.8. The zero-order valence-electron chi connectivity index (χ0n) is 18.4. The van der Waals surface area contributed by atoms with Gasteiger partial charge in [-0.15, -0.1) is 0 Å². The molecule has 2 aromatic carbocycles. The number of hydrogen-bond donors (Lipinski definition) is 4. The second-order valence-electron chi connectivity index (χ2n) is 8.33. The van der Waals surface area contributed by atoms with Gasteiger partial charge in [-0.2, -0.15) is 5.10 Å². The van der Waals surface area contributed by atoms with Crippen LogP contribution in [-0.2, 0) is 11.3 Å². The maximum atomic E-state index is 11.8. The van der Waals surface area contributed by atoms with Crippen LogP contribution in [-0.4, -0.2) is 31.9 Å². The molecular formula is C23H24ClN7O2. The van der Waals surface area contributed by atoms with Crippen LogP contribution in [0.3, 0.4) is 0 Å². The van der Waals surface area contributed by atoms with E-state index in [0.717, 1.165) is 16.9 Å². The molecule has 0 aliphatic heterocycles. The second-order valence-corrected chi connectivity index (χ2v) is 8.77. The topological polar surface area (TPSA) is 117 Å². The average Bonchev–Trinajstić information content (AvgIpc) is 3.16. The van der Waals surface area contributed by atoms with Crippen molar-refractivity contribution in [1.29, 1.82) is 0 Å². The van der Waals surface area contributed by atoms with E-state index in [1.165, 1.54) is 6.33 Å². The van der Waals surface area contributed by atoms with E-state index in [0.29, 0.717) is 34.2 Å². The summed E-state index contributed by atoms with van der Waals surface area (Å²) in [6.07, 6.45) is 1.00. The average molecular weight is 466 g/mol. The van der Waals surface area contributed by atoms with Gasteiger partial charge in [0.05, 0.1) is 0 Å². The fourth-order valence-electron chi connectivity index (χ4n) is 3.08. The van der Waals surface area contributed by atoms with Gasteiger partial charge in [-0.3, -0.25) is 5.10 Å². The first-order valence-electron chi connectivity index (χ1n) is 10.3. The van der Waals surface area contributed by atoms with Crippen molar-refractivity contribution in [2.75, 3.05) is 10.6 Å². The molecule has 4 aromatic rings. The van der Waals surface area contributed by atoms with Gasteiger partial charge in [0, 0.05) is 22.9 Å². The van der Waals surface area contributed by atoms with Crippen molar-refractivity contribution in [1.82, 2.24) is 25.5 Å². The van der Waals surface area contributed by atoms with Crippen LogP contribution < -0.4 is 16.0 Å². The van der Waals surface area contributed by atoms with Crippen LogP contribution in [0.4, 0.5) is 27.8 Å². The summed E-state index contributed by atoms with van der Waals surface area (Å²) < 4.78 is 5.26. The standard InChI is InChI=1S/C23H24ClN7O2/c1-23(2,3)33-22(32)25-12-14-7-9-16(10-8-14)28-21-18-19(26-13-27-20(18)30-31-21)29-17-6-4-5-15(24)11-17/h4-11,13H,12H2,1-3H3,(H,25,32)(H3,26,27,28,29,30,31). The summed E-state index contributed by atoms with van der Waals surface area (Å²) in [6.45, 7) is 5.84. The third kappa shape index (κ3) is 5.89. The van der Waals surface area contributed by atoms with Crippen molar-refractivity contribution in [2.45, 2.75) is 32.9 Å². The second kappa shape index (κ2) is 9.33. The smallest absolute Gasteiger partial charge is 0.407 e. The van der Waals surface area contributed by atoms with E-state index < -0.39 is 11.7 Å². The van der Waals surface area contributed by atoms with Crippen LogP contribution in [0.1, 0.15) is 26.3 Å². The molecule has 0 atom stereocenters. The van der Waals surface area contributed by atoms with E-state index in [2.05, 4.69) is 36.1 Å². The molecule has 4 rings (SSSR count). The molecule has 2 aromatic heterocycles. The van der Waals surface area contributed by atoms with E-state index in [9.17, 15) is 4.79 Å². The molecule has 33 heavy (non-hydrogen) atoms. The SMILES string of the molecule is CC(C)(C)OC(=O)NCc1ccc(Nc2[nH]nc3ncnc(Nc4cccc(Cl)c4)c23)cc1. The molecule has 170 valence electrons. The Hall–Kier alpha value is -3.85. The van der Waals surface area contributed by atoms with E-state index in [1.54, 1.807) is 6.07 Å². The summed E-state index contributed by atoms with van der Waals surface area (Å²) in [4.78, 5) is 20.4. The molecule has 2 heterocycles. The van der Waals surface area contributed by atoms with Crippen molar-refractivity contribution in [3.63, 3.8) is 0 Å². The number of rotatable bonds is 6. The third-order valence-corrected chi connectivity index (χ3v) is 4.73. The number of H-pyrrole nitrogens is 1. The highest BCUT2D eigenvalue weighted by molar-refractivity contribution is 6.30. The summed E-state index contributed by atoms with van der Waals surface area (Å²) in [7, 11) is 0. The molecule has 1 amide bonds. The number of anilines is 4. The van der Waals surface area contributed by atoms with E-state index in [1.807, 2.05) is 63.2 Å². The summed E-state index contributed by atoms with van der Waals surface area (Å²) in [5.41, 5.74) is 2.56. The Labute approximate surface area is 195 Å². The molecular weight excluding hydrogens is 442 g/mol. The number of halogens is 1. The van der Waals surface area contributed by atoms with E-state index >= 15 is 0 Å². The minimum absolute atomic E-state index is 0.365. The Morgan fingerprint density at radius 1 is 1.06 bits per heavy atom. The van der Waals surface area contributed by atoms with Gasteiger partial charge in [-0.05, 0) is 56.7 Å². The van der Waals surface area contributed by atoms with Crippen molar-refractivity contribution in [3.05, 3.63) is 65.4 Å². The van der Waals surface area contributed by atoms with Gasteiger partial charge in [-0.1, -0.05) is 29.8 Å². The molecule has 0 aliphatic carbocycles. The number of aromatic amines is 1. The lowest BCUT2D eigenvalue weighted by atomic mass is 10.2. The zero-order chi connectivity index (χ0) is 23.4. The largest absolute Gasteiger partial charge is 0.444 e. The normalized spacial score (nSPS) is 11.3. The third-order valence-electron chi connectivity index (χ3n) is 4.50. The highest BCUT2D eigenvalue weighted by Crippen LogP contribution is 2.30. The van der Waals surface area contributed by atoms with Crippen LogP contribution in [0, 0.1) is 0 Å². The number of hydrogen-bond acceptors (Lipinski definition) is 7. The quantitative estimate of drug-likeness (QED) is 0.296. The first kappa shape index (κ1) is 22.3. The maximum absolute atomic E-state index is 11.8. The van der Waals surface area contributed by atoms with Gasteiger partial charge in [0.1, 0.15) is 29.0 Å². The van der Waals surface area contributed by atoms with Crippen LogP contribution in [0.2, 0.25) is 5.02 Å². The fraction of sp³-hybridized carbons (Fsp3) is 0.217. The zero-order valence-corrected chi connectivity index (χ0v) is 19.2. The molecule has 0 bridgehead atoms. The molecule has 4 N–H and O–H groups in total. The highest BCUT2D eigenvalue weighted by Gasteiger charge is 2.16. The Morgan fingerprint density at radius 3 is 2.58 bits per heavy atom. The Balaban J connectivity index is 1.47. The van der Waals surface area contributed by atoms with Gasteiger partial charge in [0.25, 0.3) is 0 Å². The number of alkyl carbamates (subject to hydrolysis) is 1. The summed E-state index contributed by atoms with van der Waals surface area (Å²) >= 11 is 6.09. The van der Waals surface area contributed by atoms with E-state index in [4.69, 9.17) is 16.3 Å². The Kier molecular flexibility index (Phi) is 6.32.